The SMILES string of the molecule is CC(NCc1cccn1C)c1ccc(C(F)(F)F)cc1. The number of alkyl halides is 3. The van der Waals surface area contributed by atoms with Crippen LogP contribution in [0.25, 0.3) is 0 Å². The van der Waals surface area contributed by atoms with Gasteiger partial charge in [0.1, 0.15) is 0 Å². The monoisotopic (exact) mass is 282 g/mol. The summed E-state index contributed by atoms with van der Waals surface area (Å²) >= 11 is 0. The van der Waals surface area contributed by atoms with Gasteiger partial charge in [-0.05, 0) is 36.8 Å². The van der Waals surface area contributed by atoms with Crippen LogP contribution in [0.1, 0.15) is 29.8 Å². The van der Waals surface area contributed by atoms with E-state index in [4.69, 9.17) is 0 Å². The van der Waals surface area contributed by atoms with Gasteiger partial charge in [-0.15, -0.1) is 0 Å². The minimum atomic E-state index is -4.28. The van der Waals surface area contributed by atoms with E-state index >= 15 is 0 Å². The first-order valence-electron chi connectivity index (χ1n) is 6.38. The summed E-state index contributed by atoms with van der Waals surface area (Å²) in [4.78, 5) is 0. The van der Waals surface area contributed by atoms with Crippen LogP contribution in [0.4, 0.5) is 13.2 Å². The third-order valence-corrected chi connectivity index (χ3v) is 3.38. The van der Waals surface area contributed by atoms with E-state index in [-0.39, 0.29) is 6.04 Å². The molecule has 0 aliphatic carbocycles. The molecule has 1 heterocycles. The summed E-state index contributed by atoms with van der Waals surface area (Å²) in [5.41, 5.74) is 1.35. The van der Waals surface area contributed by atoms with E-state index in [2.05, 4.69) is 5.32 Å². The average molecular weight is 282 g/mol. The van der Waals surface area contributed by atoms with Crippen LogP contribution in [0.2, 0.25) is 0 Å². The highest BCUT2D eigenvalue weighted by atomic mass is 19.4. The maximum Gasteiger partial charge on any atom is 0.416 e. The van der Waals surface area contributed by atoms with E-state index in [1.165, 1.54) is 12.1 Å². The zero-order chi connectivity index (χ0) is 14.8. The lowest BCUT2D eigenvalue weighted by atomic mass is 10.1. The summed E-state index contributed by atoms with van der Waals surface area (Å²) in [7, 11) is 1.96. The molecule has 1 unspecified atom stereocenters. The Kier molecular flexibility index (Phi) is 4.18. The summed E-state index contributed by atoms with van der Waals surface area (Å²) in [6.45, 7) is 2.61. The Morgan fingerprint density at radius 2 is 1.80 bits per heavy atom. The number of aromatic nitrogens is 1. The zero-order valence-corrected chi connectivity index (χ0v) is 11.4. The van der Waals surface area contributed by atoms with Crippen molar-refractivity contribution >= 4 is 0 Å². The van der Waals surface area contributed by atoms with Gasteiger partial charge >= 0.3 is 6.18 Å². The second-order valence-corrected chi connectivity index (χ2v) is 4.83. The van der Waals surface area contributed by atoms with Gasteiger partial charge in [0.05, 0.1) is 5.56 Å². The van der Waals surface area contributed by atoms with Crippen LogP contribution < -0.4 is 5.32 Å². The Hall–Kier alpha value is -1.75. The molecule has 0 aliphatic rings. The number of nitrogens with zero attached hydrogens (tertiary/aromatic N) is 1. The number of halogens is 3. The van der Waals surface area contributed by atoms with E-state index < -0.39 is 11.7 Å². The number of hydrogen-bond donors (Lipinski definition) is 1. The van der Waals surface area contributed by atoms with Crippen molar-refractivity contribution in [1.82, 2.24) is 9.88 Å². The van der Waals surface area contributed by atoms with Gasteiger partial charge in [-0.2, -0.15) is 13.2 Å². The van der Waals surface area contributed by atoms with E-state index in [0.29, 0.717) is 6.54 Å². The van der Waals surface area contributed by atoms with Crippen LogP contribution >= 0.6 is 0 Å². The van der Waals surface area contributed by atoms with Crippen molar-refractivity contribution < 1.29 is 13.2 Å². The number of aryl methyl sites for hydroxylation is 1. The molecule has 0 spiro atoms. The molecule has 108 valence electrons. The highest BCUT2D eigenvalue weighted by Crippen LogP contribution is 2.29. The molecule has 0 saturated heterocycles. The first-order chi connectivity index (χ1) is 9.38. The molecule has 2 nitrogen and oxygen atoms in total. The molecule has 1 aromatic carbocycles. The van der Waals surface area contributed by atoms with Gasteiger partial charge in [-0.1, -0.05) is 12.1 Å². The Labute approximate surface area is 116 Å². The summed E-state index contributed by atoms with van der Waals surface area (Å²) < 4.78 is 39.4. The van der Waals surface area contributed by atoms with Crippen molar-refractivity contribution in [1.29, 1.82) is 0 Å². The summed E-state index contributed by atoms with van der Waals surface area (Å²) in [5, 5.41) is 3.30. The second-order valence-electron chi connectivity index (χ2n) is 4.83. The Morgan fingerprint density at radius 1 is 1.15 bits per heavy atom. The van der Waals surface area contributed by atoms with E-state index in [1.807, 2.05) is 36.9 Å². The minimum absolute atomic E-state index is 0.00724. The van der Waals surface area contributed by atoms with Gasteiger partial charge in [0, 0.05) is 31.5 Å². The van der Waals surface area contributed by atoms with Crippen molar-refractivity contribution in [2.45, 2.75) is 25.7 Å². The lowest BCUT2D eigenvalue weighted by Crippen LogP contribution is -2.19. The smallest absolute Gasteiger partial charge is 0.353 e. The molecule has 2 aromatic rings. The van der Waals surface area contributed by atoms with Crippen LogP contribution in [-0.2, 0) is 19.8 Å². The average Bonchev–Trinajstić information content (AvgIpc) is 2.81. The lowest BCUT2D eigenvalue weighted by Gasteiger charge is -2.15. The molecule has 1 aromatic heterocycles. The third-order valence-electron chi connectivity index (χ3n) is 3.38. The van der Waals surface area contributed by atoms with Crippen molar-refractivity contribution in [2.24, 2.45) is 7.05 Å². The largest absolute Gasteiger partial charge is 0.416 e. The summed E-state index contributed by atoms with van der Waals surface area (Å²) in [6.07, 6.45) is -2.32. The fourth-order valence-corrected chi connectivity index (χ4v) is 2.02. The van der Waals surface area contributed by atoms with Crippen LogP contribution in [0.5, 0.6) is 0 Å². The molecular formula is C15H17F3N2. The van der Waals surface area contributed by atoms with Gasteiger partial charge in [0.15, 0.2) is 0 Å². The Bertz CT molecular complexity index is 555. The van der Waals surface area contributed by atoms with Crippen molar-refractivity contribution in [3.05, 3.63) is 59.4 Å². The predicted molar refractivity (Wildman–Crippen MR) is 72.1 cm³/mol. The number of rotatable bonds is 4. The summed E-state index contributed by atoms with van der Waals surface area (Å²) in [6, 6.07) is 9.24. The fourth-order valence-electron chi connectivity index (χ4n) is 2.02. The molecular weight excluding hydrogens is 265 g/mol. The van der Waals surface area contributed by atoms with Gasteiger partial charge < -0.3 is 9.88 Å². The highest BCUT2D eigenvalue weighted by molar-refractivity contribution is 5.26. The maximum atomic E-state index is 12.5. The number of nitrogens with one attached hydrogen (secondary N) is 1. The second kappa shape index (κ2) is 5.71. The van der Waals surface area contributed by atoms with Crippen LogP contribution in [0, 0.1) is 0 Å². The van der Waals surface area contributed by atoms with Crippen molar-refractivity contribution in [3.8, 4) is 0 Å². The normalized spacial score (nSPS) is 13.4. The first-order valence-corrected chi connectivity index (χ1v) is 6.38. The predicted octanol–water partition coefficient (Wildman–Crippen LogP) is 3.89. The van der Waals surface area contributed by atoms with Gasteiger partial charge in [0.2, 0.25) is 0 Å². The quantitative estimate of drug-likeness (QED) is 0.900. The van der Waals surface area contributed by atoms with Crippen LogP contribution in [0.15, 0.2) is 42.6 Å². The Balaban J connectivity index is 1.99. The highest BCUT2D eigenvalue weighted by Gasteiger charge is 2.30. The first kappa shape index (κ1) is 14.7. The molecule has 0 aliphatic heterocycles. The van der Waals surface area contributed by atoms with Crippen LogP contribution in [0.3, 0.4) is 0 Å². The van der Waals surface area contributed by atoms with Crippen LogP contribution in [-0.4, -0.2) is 4.57 Å². The molecule has 0 saturated carbocycles. The fraction of sp³-hybridized carbons (Fsp3) is 0.333. The van der Waals surface area contributed by atoms with Gasteiger partial charge in [-0.25, -0.2) is 0 Å². The van der Waals surface area contributed by atoms with Crippen molar-refractivity contribution in [3.63, 3.8) is 0 Å². The van der Waals surface area contributed by atoms with E-state index in [1.54, 1.807) is 0 Å². The number of benzene rings is 1. The molecule has 1 N–H and O–H groups in total. The van der Waals surface area contributed by atoms with E-state index in [0.717, 1.165) is 23.4 Å². The van der Waals surface area contributed by atoms with Crippen molar-refractivity contribution in [2.75, 3.05) is 0 Å². The molecule has 0 fully saturated rings. The zero-order valence-electron chi connectivity index (χ0n) is 11.4. The molecule has 0 radical (unpaired) electrons. The molecule has 2 rings (SSSR count). The summed E-state index contributed by atoms with van der Waals surface area (Å²) in [5.74, 6) is 0. The molecule has 5 heteroatoms. The molecule has 0 bridgehead atoms. The Morgan fingerprint density at radius 3 is 2.30 bits per heavy atom. The maximum absolute atomic E-state index is 12.5. The topological polar surface area (TPSA) is 17.0 Å². The molecule has 1 atom stereocenters. The van der Waals surface area contributed by atoms with E-state index in [9.17, 15) is 13.2 Å². The van der Waals surface area contributed by atoms with Gasteiger partial charge in [-0.3, -0.25) is 0 Å². The van der Waals surface area contributed by atoms with Gasteiger partial charge in [0.25, 0.3) is 0 Å². The standard InChI is InChI=1S/C15H17F3N2/c1-11(19-10-14-4-3-9-20(14)2)12-5-7-13(8-6-12)15(16,17)18/h3-9,11,19H,10H2,1-2H3. The third kappa shape index (κ3) is 3.42. The number of hydrogen-bond acceptors (Lipinski definition) is 1. The minimum Gasteiger partial charge on any atom is -0.353 e. The molecule has 0 amide bonds. The molecule has 20 heavy (non-hydrogen) atoms. The lowest BCUT2D eigenvalue weighted by molar-refractivity contribution is -0.137.